The van der Waals surface area contributed by atoms with E-state index in [1.807, 2.05) is 43.2 Å². The van der Waals surface area contributed by atoms with Crippen LogP contribution in [0.4, 0.5) is 4.79 Å². The maximum Gasteiger partial charge on any atom is 0.314 e. The van der Waals surface area contributed by atoms with Crippen LogP contribution in [0.25, 0.3) is 10.4 Å². The largest absolute Gasteiger partial charge is 0.508 e. The molecule has 1 atom stereocenters. The van der Waals surface area contributed by atoms with E-state index in [0.717, 1.165) is 17.7 Å². The van der Waals surface area contributed by atoms with Gasteiger partial charge in [0.05, 0.1) is 51.9 Å². The standard InChI is InChI=1S/C25H40N8O5/c1-32(2)23(19-21-3-5-24(34)6-4-21)20-28-25(35)27-9-7-22-8-11-33(30-22)12-14-37-16-18-38-17-15-36-13-10-29-31-26/h3-6,8,11,23,34H,7,9-10,12-20H2,1-2H3,(H2,27,28,35)/t23-/m0/s1. The zero-order chi connectivity index (χ0) is 27.4. The third kappa shape index (κ3) is 13.8. The molecule has 0 aliphatic heterocycles. The van der Waals surface area contributed by atoms with Gasteiger partial charge in [-0.25, -0.2) is 4.79 Å². The normalized spacial score (nSPS) is 11.8. The number of nitrogens with one attached hydrogen (secondary N) is 2. The quantitative estimate of drug-likeness (QED) is 0.102. The number of phenols is 1. The Morgan fingerprint density at radius 3 is 2.45 bits per heavy atom. The SMILES string of the molecule is CN(C)[C@H](CNC(=O)NCCc1ccn(CCOCCOCCOCCN=[N+]=[N-])n1)Cc1ccc(O)cc1. The average molecular weight is 533 g/mol. The van der Waals surface area contributed by atoms with Crippen LogP contribution in [-0.4, -0.2) is 105 Å². The average Bonchev–Trinajstić information content (AvgIpc) is 3.35. The molecule has 0 saturated heterocycles. The summed E-state index contributed by atoms with van der Waals surface area (Å²) >= 11 is 0. The van der Waals surface area contributed by atoms with Crippen LogP contribution >= 0.6 is 0 Å². The van der Waals surface area contributed by atoms with E-state index < -0.39 is 0 Å². The van der Waals surface area contributed by atoms with Gasteiger partial charge in [0, 0.05) is 43.2 Å². The lowest BCUT2D eigenvalue weighted by atomic mass is 10.1. The number of likely N-dealkylation sites (N-methyl/N-ethyl adjacent to an activating group) is 1. The van der Waals surface area contributed by atoms with Gasteiger partial charge in [-0.15, -0.1) is 0 Å². The van der Waals surface area contributed by atoms with Gasteiger partial charge in [0.15, 0.2) is 0 Å². The van der Waals surface area contributed by atoms with Crippen LogP contribution in [0, 0.1) is 0 Å². The van der Waals surface area contributed by atoms with Gasteiger partial charge in [0.25, 0.3) is 0 Å². The number of hydrogen-bond acceptors (Lipinski definition) is 8. The lowest BCUT2D eigenvalue weighted by molar-refractivity contribution is 0.0141. The number of benzene rings is 1. The predicted octanol–water partition coefficient (Wildman–Crippen LogP) is 1.96. The zero-order valence-electron chi connectivity index (χ0n) is 22.3. The maximum atomic E-state index is 12.3. The fraction of sp³-hybridized carbons (Fsp3) is 0.600. The summed E-state index contributed by atoms with van der Waals surface area (Å²) in [6, 6.07) is 8.98. The molecule has 210 valence electrons. The van der Waals surface area contributed by atoms with Crippen LogP contribution in [0.15, 0.2) is 41.6 Å². The molecule has 2 amide bonds. The van der Waals surface area contributed by atoms with Crippen molar-refractivity contribution in [1.29, 1.82) is 0 Å². The van der Waals surface area contributed by atoms with Crippen molar-refractivity contribution in [3.63, 3.8) is 0 Å². The fourth-order valence-electron chi connectivity index (χ4n) is 3.43. The first kappa shape index (κ1) is 30.9. The molecule has 13 nitrogen and oxygen atoms in total. The third-order valence-electron chi connectivity index (χ3n) is 5.61. The van der Waals surface area contributed by atoms with Crippen molar-refractivity contribution < 1.29 is 24.1 Å². The van der Waals surface area contributed by atoms with Gasteiger partial charge < -0.3 is 34.9 Å². The number of rotatable bonds is 20. The molecule has 13 heteroatoms. The number of hydrogen-bond donors (Lipinski definition) is 3. The van der Waals surface area contributed by atoms with Gasteiger partial charge in [0.1, 0.15) is 5.75 Å². The van der Waals surface area contributed by atoms with E-state index >= 15 is 0 Å². The van der Waals surface area contributed by atoms with E-state index in [0.29, 0.717) is 72.2 Å². The van der Waals surface area contributed by atoms with E-state index in [1.165, 1.54) is 0 Å². The van der Waals surface area contributed by atoms with Crippen molar-refractivity contribution in [1.82, 2.24) is 25.3 Å². The first-order chi connectivity index (χ1) is 18.5. The number of urea groups is 1. The minimum absolute atomic E-state index is 0.130. The van der Waals surface area contributed by atoms with Gasteiger partial charge in [-0.2, -0.15) is 5.10 Å². The molecule has 0 spiro atoms. The molecule has 1 heterocycles. The first-order valence-corrected chi connectivity index (χ1v) is 12.7. The number of azide groups is 1. The minimum atomic E-state index is -0.211. The molecule has 0 aliphatic carbocycles. The lowest BCUT2D eigenvalue weighted by Crippen LogP contribution is -2.45. The molecule has 0 radical (unpaired) electrons. The highest BCUT2D eigenvalue weighted by Crippen LogP contribution is 2.12. The van der Waals surface area contributed by atoms with Crippen LogP contribution in [0.3, 0.4) is 0 Å². The van der Waals surface area contributed by atoms with Crippen LogP contribution in [0.5, 0.6) is 5.75 Å². The Morgan fingerprint density at radius 1 is 1.08 bits per heavy atom. The summed E-state index contributed by atoms with van der Waals surface area (Å²) in [5, 5.41) is 23.2. The minimum Gasteiger partial charge on any atom is -0.508 e. The molecule has 0 bridgehead atoms. The molecule has 2 rings (SSSR count). The molecule has 1 aromatic heterocycles. The van der Waals surface area contributed by atoms with Crippen molar-refractivity contribution >= 4 is 6.03 Å². The molecule has 0 fully saturated rings. The molecule has 0 aliphatic rings. The second kappa shape index (κ2) is 18.8. The monoisotopic (exact) mass is 532 g/mol. The molecule has 3 N–H and O–H groups in total. The molecule has 0 saturated carbocycles. The van der Waals surface area contributed by atoms with E-state index in [-0.39, 0.29) is 17.8 Å². The van der Waals surface area contributed by atoms with E-state index in [2.05, 4.69) is 30.7 Å². The van der Waals surface area contributed by atoms with Crippen molar-refractivity contribution in [3.05, 3.63) is 58.2 Å². The number of amides is 2. The zero-order valence-corrected chi connectivity index (χ0v) is 22.3. The van der Waals surface area contributed by atoms with Crippen LogP contribution in [-0.2, 0) is 33.6 Å². The lowest BCUT2D eigenvalue weighted by Gasteiger charge is -2.25. The van der Waals surface area contributed by atoms with Gasteiger partial charge in [-0.1, -0.05) is 17.2 Å². The number of aromatic nitrogens is 2. The number of ether oxygens (including phenoxy) is 3. The highest BCUT2D eigenvalue weighted by Gasteiger charge is 2.14. The number of aromatic hydroxyl groups is 1. The summed E-state index contributed by atoms with van der Waals surface area (Å²) in [7, 11) is 3.96. The summed E-state index contributed by atoms with van der Waals surface area (Å²) in [6.07, 6.45) is 3.29. The molecule has 38 heavy (non-hydrogen) atoms. The van der Waals surface area contributed by atoms with E-state index in [1.54, 1.807) is 12.1 Å². The first-order valence-electron chi connectivity index (χ1n) is 12.7. The second-order valence-electron chi connectivity index (χ2n) is 8.74. The Morgan fingerprint density at radius 2 is 1.76 bits per heavy atom. The molecular formula is C25H40N8O5. The topological polar surface area (TPSA) is 159 Å². The number of nitrogens with zero attached hydrogens (tertiary/aromatic N) is 6. The number of phenolic OH excluding ortho intramolecular Hbond substituents is 1. The maximum absolute atomic E-state index is 12.3. The van der Waals surface area contributed by atoms with Crippen molar-refractivity contribution in [2.45, 2.75) is 25.4 Å². The predicted molar refractivity (Wildman–Crippen MR) is 143 cm³/mol. The Labute approximate surface area is 223 Å². The van der Waals surface area contributed by atoms with Gasteiger partial charge in [-0.3, -0.25) is 4.68 Å². The second-order valence-corrected chi connectivity index (χ2v) is 8.74. The van der Waals surface area contributed by atoms with Gasteiger partial charge in [0.2, 0.25) is 0 Å². The highest BCUT2D eigenvalue weighted by atomic mass is 16.5. The molecular weight excluding hydrogens is 492 g/mol. The summed E-state index contributed by atoms with van der Waals surface area (Å²) in [4.78, 5) is 17.0. The molecule has 1 aromatic carbocycles. The highest BCUT2D eigenvalue weighted by molar-refractivity contribution is 5.73. The van der Waals surface area contributed by atoms with E-state index in [9.17, 15) is 9.90 Å². The number of carbonyl (C=O) groups is 1. The summed E-state index contributed by atoms with van der Waals surface area (Å²) in [6.45, 7) is 4.72. The molecule has 2 aromatic rings. The van der Waals surface area contributed by atoms with Gasteiger partial charge >= 0.3 is 6.03 Å². The third-order valence-corrected chi connectivity index (χ3v) is 5.61. The Bertz CT molecular complexity index is 963. The molecule has 0 unspecified atom stereocenters. The van der Waals surface area contributed by atoms with E-state index in [4.69, 9.17) is 19.7 Å². The summed E-state index contributed by atoms with van der Waals surface area (Å²) in [5.74, 6) is 0.243. The summed E-state index contributed by atoms with van der Waals surface area (Å²) in [5.41, 5.74) is 10.1. The number of carbonyl (C=O) groups excluding carboxylic acids is 1. The van der Waals surface area contributed by atoms with Gasteiger partial charge in [-0.05, 0) is 49.8 Å². The summed E-state index contributed by atoms with van der Waals surface area (Å²) < 4.78 is 18.0. The van der Waals surface area contributed by atoms with Crippen LogP contribution in [0.1, 0.15) is 11.3 Å². The van der Waals surface area contributed by atoms with Crippen LogP contribution in [0.2, 0.25) is 0 Å². The van der Waals surface area contributed by atoms with Crippen LogP contribution < -0.4 is 10.6 Å². The fourth-order valence-corrected chi connectivity index (χ4v) is 3.43. The van der Waals surface area contributed by atoms with Crippen molar-refractivity contribution in [3.8, 4) is 5.75 Å². The Kier molecular flexibility index (Phi) is 15.3. The van der Waals surface area contributed by atoms with Crippen molar-refractivity contribution in [2.24, 2.45) is 5.11 Å². The Hall–Kier alpha value is -3.35. The smallest absolute Gasteiger partial charge is 0.314 e. The Balaban J connectivity index is 1.51. The van der Waals surface area contributed by atoms with Crippen molar-refractivity contribution in [2.75, 3.05) is 73.4 Å².